The van der Waals surface area contributed by atoms with Gasteiger partial charge in [0.05, 0.1) is 11.4 Å². The first kappa shape index (κ1) is 16.9. The van der Waals surface area contributed by atoms with Crippen LogP contribution in [-0.4, -0.2) is 12.4 Å². The van der Waals surface area contributed by atoms with E-state index >= 15 is 0 Å². The Labute approximate surface area is 163 Å². The fraction of sp³-hybridized carbons (Fsp3) is 0.0435. The second-order valence-corrected chi connectivity index (χ2v) is 7.56. The Morgan fingerprint density at radius 1 is 0.654 bits per heavy atom. The van der Waals surface area contributed by atoms with E-state index < -0.39 is 0 Å². The monoisotopic (exact) mass is 399 g/mol. The van der Waals surface area contributed by atoms with E-state index in [4.69, 9.17) is 0 Å². The van der Waals surface area contributed by atoms with Crippen LogP contribution in [0.4, 0.5) is 0 Å². The summed E-state index contributed by atoms with van der Waals surface area (Å²) < 4.78 is 3.43. The minimum Gasteiger partial charge on any atom is -0.309 e. The molecule has 0 aliphatic rings. The molecule has 1 aromatic heterocycles. The fourth-order valence-electron chi connectivity index (χ4n) is 3.20. The summed E-state index contributed by atoms with van der Waals surface area (Å²) in [5, 5.41) is 0. The Bertz CT molecular complexity index is 966. The summed E-state index contributed by atoms with van der Waals surface area (Å²) in [6.07, 6.45) is 0. The van der Waals surface area contributed by atoms with Crippen LogP contribution in [0.2, 0.25) is 0 Å². The largest absolute Gasteiger partial charge is 0.309 e. The number of hydrogen-bond acceptors (Lipinski definition) is 0. The van der Waals surface area contributed by atoms with Crippen molar-refractivity contribution in [3.8, 4) is 28.2 Å². The lowest BCUT2D eigenvalue weighted by Crippen LogP contribution is -2.02. The van der Waals surface area contributed by atoms with Gasteiger partial charge in [-0.1, -0.05) is 75.5 Å². The maximum atomic E-state index is 3.53. The van der Waals surface area contributed by atoms with Crippen LogP contribution in [0.25, 0.3) is 28.2 Å². The first-order valence-electron chi connectivity index (χ1n) is 8.73. The molecule has 0 saturated carbocycles. The molecule has 0 aliphatic carbocycles. The zero-order chi connectivity index (χ0) is 18.1. The maximum Gasteiger partial charge on any atom is 0.139 e. The van der Waals surface area contributed by atoms with Crippen molar-refractivity contribution >= 4 is 29.2 Å². The molecule has 4 rings (SSSR count). The van der Waals surface area contributed by atoms with E-state index in [0.717, 1.165) is 4.47 Å². The topological polar surface area (TPSA) is 4.93 Å². The highest BCUT2D eigenvalue weighted by molar-refractivity contribution is 9.10. The van der Waals surface area contributed by atoms with E-state index in [1.165, 1.54) is 39.2 Å². The molecule has 3 heteroatoms. The Morgan fingerprint density at radius 2 is 1.15 bits per heavy atom. The van der Waals surface area contributed by atoms with Gasteiger partial charge in [-0.05, 0) is 54.4 Å². The Balaban J connectivity index is 1.93. The molecule has 1 nitrogen and oxygen atoms in total. The SMILES string of the molecule is Bc1ccc(-c2ccc(-c3ccc(Br)cc3)n2-c2ccc(C)cc2)cc1. The number of aryl methyl sites for hydroxylation is 1. The van der Waals surface area contributed by atoms with E-state index in [-0.39, 0.29) is 0 Å². The summed E-state index contributed by atoms with van der Waals surface area (Å²) in [7, 11) is 2.12. The predicted octanol–water partition coefficient (Wildman–Crippen LogP) is 5.14. The molecule has 1 heterocycles. The van der Waals surface area contributed by atoms with Crippen molar-refractivity contribution in [1.29, 1.82) is 0 Å². The second-order valence-electron chi connectivity index (χ2n) is 6.65. The van der Waals surface area contributed by atoms with Crippen molar-refractivity contribution in [1.82, 2.24) is 4.57 Å². The minimum absolute atomic E-state index is 1.09. The van der Waals surface area contributed by atoms with Gasteiger partial charge in [0.15, 0.2) is 0 Å². The van der Waals surface area contributed by atoms with Crippen LogP contribution in [0.3, 0.4) is 0 Å². The van der Waals surface area contributed by atoms with Crippen molar-refractivity contribution in [2.75, 3.05) is 0 Å². The lowest BCUT2D eigenvalue weighted by molar-refractivity contribution is 1.09. The van der Waals surface area contributed by atoms with Crippen molar-refractivity contribution in [3.63, 3.8) is 0 Å². The van der Waals surface area contributed by atoms with Crippen molar-refractivity contribution in [2.45, 2.75) is 6.92 Å². The minimum atomic E-state index is 1.09. The third kappa shape index (κ3) is 3.27. The van der Waals surface area contributed by atoms with Crippen LogP contribution in [0.5, 0.6) is 0 Å². The third-order valence-corrected chi connectivity index (χ3v) is 5.19. The number of benzene rings is 3. The van der Waals surface area contributed by atoms with Crippen LogP contribution in [0.15, 0.2) is 89.4 Å². The number of hydrogen-bond donors (Lipinski definition) is 0. The van der Waals surface area contributed by atoms with Gasteiger partial charge in [0.1, 0.15) is 7.85 Å². The van der Waals surface area contributed by atoms with Crippen molar-refractivity contribution < 1.29 is 0 Å². The number of rotatable bonds is 3. The molecule has 0 spiro atoms. The molecule has 0 fully saturated rings. The molecule has 26 heavy (non-hydrogen) atoms. The molecular formula is C23H19BBrN. The van der Waals surface area contributed by atoms with Crippen molar-refractivity contribution in [2.24, 2.45) is 0 Å². The normalized spacial score (nSPS) is 10.8. The van der Waals surface area contributed by atoms with Gasteiger partial charge in [-0.3, -0.25) is 0 Å². The summed E-state index contributed by atoms with van der Waals surface area (Å²) in [6, 6.07) is 30.3. The molecule has 0 N–H and O–H groups in total. The van der Waals surface area contributed by atoms with E-state index in [9.17, 15) is 0 Å². The quantitative estimate of drug-likeness (QED) is 0.420. The Kier molecular flexibility index (Phi) is 4.56. The van der Waals surface area contributed by atoms with Crippen LogP contribution >= 0.6 is 15.9 Å². The molecule has 0 unspecified atom stereocenters. The highest BCUT2D eigenvalue weighted by atomic mass is 79.9. The summed E-state index contributed by atoms with van der Waals surface area (Å²) in [5.41, 5.74) is 8.53. The van der Waals surface area contributed by atoms with E-state index in [0.29, 0.717) is 0 Å². The van der Waals surface area contributed by atoms with E-state index in [1.807, 2.05) is 0 Å². The number of aromatic nitrogens is 1. The molecule has 3 aromatic carbocycles. The molecule has 0 radical (unpaired) electrons. The van der Waals surface area contributed by atoms with E-state index in [1.54, 1.807) is 0 Å². The van der Waals surface area contributed by atoms with Gasteiger partial charge < -0.3 is 4.57 Å². The lowest BCUT2D eigenvalue weighted by atomic mass is 9.95. The Morgan fingerprint density at radius 3 is 1.69 bits per heavy atom. The van der Waals surface area contributed by atoms with Crippen LogP contribution in [0.1, 0.15) is 5.56 Å². The average Bonchev–Trinajstić information content (AvgIpc) is 3.08. The van der Waals surface area contributed by atoms with Gasteiger partial charge in [-0.15, -0.1) is 0 Å². The maximum absolute atomic E-state index is 3.53. The van der Waals surface area contributed by atoms with Crippen LogP contribution in [-0.2, 0) is 0 Å². The molecule has 4 aromatic rings. The summed E-state index contributed by atoms with van der Waals surface area (Å²) in [5.74, 6) is 0. The van der Waals surface area contributed by atoms with E-state index in [2.05, 4.69) is 120 Å². The van der Waals surface area contributed by atoms with Gasteiger partial charge in [-0.2, -0.15) is 0 Å². The van der Waals surface area contributed by atoms with Gasteiger partial charge >= 0.3 is 0 Å². The summed E-state index contributed by atoms with van der Waals surface area (Å²) in [6.45, 7) is 2.12. The first-order valence-corrected chi connectivity index (χ1v) is 9.53. The number of halogens is 1. The van der Waals surface area contributed by atoms with Crippen molar-refractivity contribution in [3.05, 3.63) is 95.0 Å². The smallest absolute Gasteiger partial charge is 0.139 e. The second kappa shape index (κ2) is 7.01. The standard InChI is InChI=1S/C23H19BBrN/c1-16-2-12-21(13-3-16)26-22(17-4-8-19(24)9-5-17)14-15-23(26)18-6-10-20(25)11-7-18/h2-15H,24H2,1H3. The number of nitrogens with zero attached hydrogens (tertiary/aromatic N) is 1. The molecule has 0 amide bonds. The average molecular weight is 400 g/mol. The van der Waals surface area contributed by atoms with Gasteiger partial charge in [0.2, 0.25) is 0 Å². The fourth-order valence-corrected chi connectivity index (χ4v) is 3.47. The molecule has 0 aliphatic heterocycles. The molecule has 126 valence electrons. The van der Waals surface area contributed by atoms with Gasteiger partial charge in [-0.25, -0.2) is 0 Å². The first-order chi connectivity index (χ1) is 12.6. The third-order valence-electron chi connectivity index (χ3n) is 4.66. The lowest BCUT2D eigenvalue weighted by Gasteiger charge is -2.15. The zero-order valence-corrected chi connectivity index (χ0v) is 16.5. The zero-order valence-electron chi connectivity index (χ0n) is 14.9. The van der Waals surface area contributed by atoms with Gasteiger partial charge in [0.25, 0.3) is 0 Å². The summed E-state index contributed by atoms with van der Waals surface area (Å²) >= 11 is 3.53. The Hall–Kier alpha value is -2.52. The highest BCUT2D eigenvalue weighted by Gasteiger charge is 2.13. The predicted molar refractivity (Wildman–Crippen MR) is 117 cm³/mol. The summed E-state index contributed by atoms with van der Waals surface area (Å²) in [4.78, 5) is 0. The molecule has 0 saturated heterocycles. The molecule has 0 bridgehead atoms. The highest BCUT2D eigenvalue weighted by Crippen LogP contribution is 2.32. The van der Waals surface area contributed by atoms with Crippen LogP contribution in [0, 0.1) is 6.92 Å². The molecular weight excluding hydrogens is 381 g/mol. The van der Waals surface area contributed by atoms with Crippen LogP contribution < -0.4 is 5.46 Å². The molecule has 0 atom stereocenters. The van der Waals surface area contributed by atoms with Gasteiger partial charge in [0, 0.05) is 10.2 Å².